The van der Waals surface area contributed by atoms with Crippen LogP contribution in [-0.4, -0.2) is 30.1 Å². The number of rotatable bonds is 4. The standard InChI is InChI=1S/C17H23NO2/c1-4-20-17(19)16-10-13(2)14(3)11-18(16)12-15-8-6-5-7-9-15/h5-9,16H,4,10-12H2,1-3H3. The molecule has 0 aromatic heterocycles. The molecule has 0 amide bonds. The van der Waals surface area contributed by atoms with Crippen molar-refractivity contribution in [3.05, 3.63) is 47.0 Å². The van der Waals surface area contributed by atoms with Crippen molar-refractivity contribution in [3.8, 4) is 0 Å². The summed E-state index contributed by atoms with van der Waals surface area (Å²) in [5, 5.41) is 0. The van der Waals surface area contributed by atoms with Gasteiger partial charge in [0, 0.05) is 13.1 Å². The first-order valence-corrected chi connectivity index (χ1v) is 7.21. The molecular formula is C17H23NO2. The van der Waals surface area contributed by atoms with Gasteiger partial charge in [0.05, 0.1) is 6.61 Å². The summed E-state index contributed by atoms with van der Waals surface area (Å²) in [5.74, 6) is -0.102. The smallest absolute Gasteiger partial charge is 0.323 e. The third kappa shape index (κ3) is 3.48. The summed E-state index contributed by atoms with van der Waals surface area (Å²) >= 11 is 0. The Morgan fingerprint density at radius 1 is 1.25 bits per heavy atom. The third-order valence-corrected chi connectivity index (χ3v) is 3.90. The highest BCUT2D eigenvalue weighted by Crippen LogP contribution is 2.25. The zero-order valence-electron chi connectivity index (χ0n) is 12.6. The number of carbonyl (C=O) groups is 1. The van der Waals surface area contributed by atoms with Gasteiger partial charge in [-0.25, -0.2) is 0 Å². The van der Waals surface area contributed by atoms with Crippen LogP contribution in [0.3, 0.4) is 0 Å². The van der Waals surface area contributed by atoms with Gasteiger partial charge in [0.1, 0.15) is 6.04 Å². The van der Waals surface area contributed by atoms with E-state index in [-0.39, 0.29) is 12.0 Å². The molecule has 2 rings (SSSR count). The zero-order valence-corrected chi connectivity index (χ0v) is 12.6. The summed E-state index contributed by atoms with van der Waals surface area (Å²) in [4.78, 5) is 14.4. The molecule has 3 heteroatoms. The van der Waals surface area contributed by atoms with Gasteiger partial charge < -0.3 is 4.74 Å². The van der Waals surface area contributed by atoms with Crippen molar-refractivity contribution in [1.82, 2.24) is 4.90 Å². The minimum absolute atomic E-state index is 0.102. The van der Waals surface area contributed by atoms with Crippen molar-refractivity contribution in [3.63, 3.8) is 0 Å². The molecule has 1 aliphatic rings. The summed E-state index contributed by atoms with van der Waals surface area (Å²) < 4.78 is 5.23. The number of benzene rings is 1. The van der Waals surface area contributed by atoms with E-state index in [1.165, 1.54) is 16.7 Å². The number of ether oxygens (including phenoxy) is 1. The molecule has 3 nitrogen and oxygen atoms in total. The van der Waals surface area contributed by atoms with Crippen LogP contribution in [0, 0.1) is 0 Å². The summed E-state index contributed by atoms with van der Waals surface area (Å²) in [5.41, 5.74) is 3.91. The van der Waals surface area contributed by atoms with Crippen LogP contribution < -0.4 is 0 Å². The van der Waals surface area contributed by atoms with Gasteiger partial charge in [0.2, 0.25) is 0 Å². The molecule has 0 saturated carbocycles. The van der Waals surface area contributed by atoms with Gasteiger partial charge >= 0.3 is 5.97 Å². The fourth-order valence-electron chi connectivity index (χ4n) is 2.60. The molecule has 1 atom stereocenters. The summed E-state index contributed by atoms with van der Waals surface area (Å²) in [6.45, 7) is 8.18. The van der Waals surface area contributed by atoms with Gasteiger partial charge in [-0.1, -0.05) is 41.5 Å². The number of esters is 1. The lowest BCUT2D eigenvalue weighted by molar-refractivity contribution is -0.150. The Morgan fingerprint density at radius 2 is 1.95 bits per heavy atom. The van der Waals surface area contributed by atoms with E-state index < -0.39 is 0 Å². The monoisotopic (exact) mass is 273 g/mol. The number of hydrogen-bond donors (Lipinski definition) is 0. The van der Waals surface area contributed by atoms with Gasteiger partial charge in [-0.05, 0) is 32.8 Å². The predicted octanol–water partition coefficient (Wildman–Crippen LogP) is 3.16. The van der Waals surface area contributed by atoms with E-state index >= 15 is 0 Å². The second kappa shape index (κ2) is 6.71. The number of nitrogens with zero attached hydrogens (tertiary/aromatic N) is 1. The highest BCUT2D eigenvalue weighted by Gasteiger charge is 2.31. The van der Waals surface area contributed by atoms with Crippen LogP contribution in [0.1, 0.15) is 32.8 Å². The Balaban J connectivity index is 2.16. The highest BCUT2D eigenvalue weighted by atomic mass is 16.5. The molecule has 0 bridgehead atoms. The molecule has 1 aliphatic heterocycles. The van der Waals surface area contributed by atoms with Crippen LogP contribution >= 0.6 is 0 Å². The van der Waals surface area contributed by atoms with Crippen LogP contribution in [0.5, 0.6) is 0 Å². The van der Waals surface area contributed by atoms with Crippen molar-refractivity contribution >= 4 is 5.97 Å². The Morgan fingerprint density at radius 3 is 2.60 bits per heavy atom. The first kappa shape index (κ1) is 14.8. The Labute approximate surface area is 121 Å². The van der Waals surface area contributed by atoms with Crippen LogP contribution in [0.2, 0.25) is 0 Å². The molecular weight excluding hydrogens is 250 g/mol. The summed E-state index contributed by atoms with van der Waals surface area (Å²) in [7, 11) is 0. The minimum Gasteiger partial charge on any atom is -0.465 e. The lowest BCUT2D eigenvalue weighted by Crippen LogP contribution is -2.45. The fraction of sp³-hybridized carbons (Fsp3) is 0.471. The molecule has 0 spiro atoms. The van der Waals surface area contributed by atoms with Crippen molar-refractivity contribution in [1.29, 1.82) is 0 Å². The van der Waals surface area contributed by atoms with Gasteiger partial charge in [0.15, 0.2) is 0 Å². The summed E-state index contributed by atoms with van der Waals surface area (Å²) in [6, 6.07) is 10.1. The zero-order chi connectivity index (χ0) is 14.5. The number of hydrogen-bond acceptors (Lipinski definition) is 3. The van der Waals surface area contributed by atoms with Crippen molar-refractivity contribution < 1.29 is 9.53 Å². The Hall–Kier alpha value is -1.61. The maximum absolute atomic E-state index is 12.2. The first-order chi connectivity index (χ1) is 9.61. The van der Waals surface area contributed by atoms with Gasteiger partial charge in [-0.2, -0.15) is 0 Å². The molecule has 0 fully saturated rings. The molecule has 1 aromatic rings. The molecule has 1 heterocycles. The largest absolute Gasteiger partial charge is 0.465 e. The first-order valence-electron chi connectivity index (χ1n) is 7.21. The molecule has 20 heavy (non-hydrogen) atoms. The predicted molar refractivity (Wildman–Crippen MR) is 80.3 cm³/mol. The van der Waals surface area contributed by atoms with E-state index in [9.17, 15) is 4.79 Å². The Kier molecular flexibility index (Phi) is 4.96. The lowest BCUT2D eigenvalue weighted by atomic mass is 9.95. The van der Waals surface area contributed by atoms with E-state index in [2.05, 4.69) is 30.9 Å². The maximum Gasteiger partial charge on any atom is 0.323 e. The van der Waals surface area contributed by atoms with Crippen LogP contribution in [-0.2, 0) is 16.1 Å². The van der Waals surface area contributed by atoms with Crippen molar-refractivity contribution in [2.75, 3.05) is 13.2 Å². The van der Waals surface area contributed by atoms with Gasteiger partial charge in [-0.3, -0.25) is 9.69 Å². The molecule has 1 unspecified atom stereocenters. The molecule has 1 aromatic carbocycles. The van der Waals surface area contributed by atoms with E-state index in [0.29, 0.717) is 6.61 Å². The fourth-order valence-corrected chi connectivity index (χ4v) is 2.60. The second-order valence-corrected chi connectivity index (χ2v) is 5.42. The van der Waals surface area contributed by atoms with Gasteiger partial charge in [0.25, 0.3) is 0 Å². The SMILES string of the molecule is CCOC(=O)C1CC(C)=C(C)CN1Cc1ccccc1. The van der Waals surface area contributed by atoms with Crippen LogP contribution in [0.15, 0.2) is 41.5 Å². The average Bonchev–Trinajstić information content (AvgIpc) is 2.44. The average molecular weight is 273 g/mol. The highest BCUT2D eigenvalue weighted by molar-refractivity contribution is 5.76. The Bertz CT molecular complexity index is 493. The van der Waals surface area contributed by atoms with Crippen LogP contribution in [0.25, 0.3) is 0 Å². The topological polar surface area (TPSA) is 29.5 Å². The molecule has 0 aliphatic carbocycles. The van der Waals surface area contributed by atoms with Gasteiger partial charge in [-0.15, -0.1) is 0 Å². The van der Waals surface area contributed by atoms with E-state index in [0.717, 1.165) is 19.5 Å². The van der Waals surface area contributed by atoms with Crippen LogP contribution in [0.4, 0.5) is 0 Å². The third-order valence-electron chi connectivity index (χ3n) is 3.90. The quantitative estimate of drug-likeness (QED) is 0.623. The van der Waals surface area contributed by atoms with Crippen molar-refractivity contribution in [2.24, 2.45) is 0 Å². The molecule has 0 saturated heterocycles. The van der Waals surface area contributed by atoms with E-state index in [4.69, 9.17) is 4.74 Å². The van der Waals surface area contributed by atoms with E-state index in [1.54, 1.807) is 0 Å². The molecule has 0 radical (unpaired) electrons. The molecule has 0 N–H and O–H groups in total. The minimum atomic E-state index is -0.154. The van der Waals surface area contributed by atoms with Crippen molar-refractivity contribution in [2.45, 2.75) is 39.8 Å². The van der Waals surface area contributed by atoms with E-state index in [1.807, 2.05) is 25.1 Å². The maximum atomic E-state index is 12.2. The second-order valence-electron chi connectivity index (χ2n) is 5.42. The normalized spacial score (nSPS) is 20.1. The summed E-state index contributed by atoms with van der Waals surface area (Å²) in [6.07, 6.45) is 0.775. The lowest BCUT2D eigenvalue weighted by Gasteiger charge is -2.35. The number of carbonyl (C=O) groups excluding carboxylic acids is 1. The molecule has 108 valence electrons.